The van der Waals surface area contributed by atoms with Crippen LogP contribution in [0.25, 0.3) is 0 Å². The molecule has 3 N–H and O–H groups in total. The first-order valence-corrected chi connectivity index (χ1v) is 13.3. The van der Waals surface area contributed by atoms with Gasteiger partial charge in [-0.05, 0) is 63.6 Å². The Hall–Kier alpha value is -2.81. The molecule has 0 aromatic heterocycles. The van der Waals surface area contributed by atoms with E-state index in [1.54, 1.807) is 30.1 Å². The number of hydrogen-bond donors (Lipinski definition) is 3. The maximum atomic E-state index is 13.4. The number of nitrogens with one attached hydrogen (secondary N) is 3. The molecule has 4 amide bonds. The van der Waals surface area contributed by atoms with Crippen LogP contribution in [0.5, 0.6) is 5.75 Å². The van der Waals surface area contributed by atoms with Crippen LogP contribution >= 0.6 is 0 Å². The van der Waals surface area contributed by atoms with Gasteiger partial charge in [0.2, 0.25) is 5.91 Å². The van der Waals surface area contributed by atoms with Crippen LogP contribution in [-0.4, -0.2) is 67.2 Å². The zero-order chi connectivity index (χ0) is 25.7. The summed E-state index contributed by atoms with van der Waals surface area (Å²) in [6.07, 6.45) is 7.50. The molecule has 1 aromatic rings. The van der Waals surface area contributed by atoms with Gasteiger partial charge in [0, 0.05) is 25.3 Å². The number of benzene rings is 1. The van der Waals surface area contributed by atoms with Crippen molar-refractivity contribution in [2.24, 2.45) is 5.92 Å². The Labute approximate surface area is 213 Å². The largest absolute Gasteiger partial charge is 0.490 e. The minimum atomic E-state index is -0.327. The summed E-state index contributed by atoms with van der Waals surface area (Å²) in [7, 11) is 1.78. The van der Waals surface area contributed by atoms with Crippen molar-refractivity contribution in [2.45, 2.75) is 89.5 Å². The maximum absolute atomic E-state index is 13.4. The third-order valence-corrected chi connectivity index (χ3v) is 7.42. The number of amides is 4. The normalized spacial score (nSPS) is 24.6. The predicted octanol–water partition coefficient (Wildman–Crippen LogP) is 3.68. The van der Waals surface area contributed by atoms with E-state index in [2.05, 4.69) is 16.0 Å². The summed E-state index contributed by atoms with van der Waals surface area (Å²) in [4.78, 5) is 39.7. The molecular formula is C27H40N4O5. The van der Waals surface area contributed by atoms with E-state index >= 15 is 0 Å². The lowest BCUT2D eigenvalue weighted by Gasteiger charge is -2.42. The zero-order valence-corrected chi connectivity index (χ0v) is 21.7. The molecule has 4 rings (SSSR count). The summed E-state index contributed by atoms with van der Waals surface area (Å²) in [6, 6.07) is 4.59. The summed E-state index contributed by atoms with van der Waals surface area (Å²) in [5.41, 5.74) is 0.927. The summed E-state index contributed by atoms with van der Waals surface area (Å²) in [5.74, 6) is 0.904. The van der Waals surface area contributed by atoms with Gasteiger partial charge in [-0.1, -0.05) is 19.3 Å². The molecule has 0 radical (unpaired) electrons. The van der Waals surface area contributed by atoms with E-state index in [1.807, 2.05) is 13.8 Å². The number of anilines is 1. The second-order valence-corrected chi connectivity index (χ2v) is 10.6. The highest BCUT2D eigenvalue weighted by atomic mass is 16.5. The first kappa shape index (κ1) is 26.3. The fourth-order valence-corrected chi connectivity index (χ4v) is 5.46. The number of nitrogens with zero attached hydrogens (tertiary/aromatic N) is 1. The van der Waals surface area contributed by atoms with E-state index in [1.165, 1.54) is 32.1 Å². The Kier molecular flexibility index (Phi) is 8.72. The van der Waals surface area contributed by atoms with Gasteiger partial charge in [0.25, 0.3) is 5.91 Å². The number of ether oxygens (including phenoxy) is 2. The van der Waals surface area contributed by atoms with Crippen molar-refractivity contribution in [3.63, 3.8) is 0 Å². The second kappa shape index (κ2) is 12.0. The van der Waals surface area contributed by atoms with Crippen LogP contribution in [0.4, 0.5) is 10.5 Å². The number of rotatable bonds is 6. The Bertz CT molecular complexity index is 946. The Morgan fingerprint density at radius 1 is 1.11 bits per heavy atom. The van der Waals surface area contributed by atoms with Crippen molar-refractivity contribution in [1.29, 1.82) is 0 Å². The third kappa shape index (κ3) is 6.69. The van der Waals surface area contributed by atoms with Crippen LogP contribution in [0.3, 0.4) is 0 Å². The fourth-order valence-electron chi connectivity index (χ4n) is 5.46. The molecule has 0 spiro atoms. The van der Waals surface area contributed by atoms with Crippen molar-refractivity contribution in [3.8, 4) is 5.75 Å². The van der Waals surface area contributed by atoms with Gasteiger partial charge in [-0.15, -0.1) is 0 Å². The van der Waals surface area contributed by atoms with Crippen molar-refractivity contribution in [3.05, 3.63) is 23.8 Å². The minimum Gasteiger partial charge on any atom is -0.490 e. The highest BCUT2D eigenvalue weighted by Gasteiger charge is 2.39. The highest BCUT2D eigenvalue weighted by molar-refractivity contribution is 5.99. The lowest BCUT2D eigenvalue weighted by molar-refractivity contribution is -0.134. The summed E-state index contributed by atoms with van der Waals surface area (Å²) < 4.78 is 12.3. The van der Waals surface area contributed by atoms with Gasteiger partial charge >= 0.3 is 6.03 Å². The van der Waals surface area contributed by atoms with Gasteiger partial charge in [0.1, 0.15) is 18.5 Å². The Balaban J connectivity index is 1.35. The number of hydrogen-bond acceptors (Lipinski definition) is 5. The van der Waals surface area contributed by atoms with Gasteiger partial charge < -0.3 is 30.3 Å². The van der Waals surface area contributed by atoms with Crippen LogP contribution in [0.2, 0.25) is 0 Å². The molecular weight excluding hydrogens is 460 g/mol. The average molecular weight is 501 g/mol. The number of carbonyl (C=O) groups excluding carboxylic acids is 3. The smallest absolute Gasteiger partial charge is 0.319 e. The number of urea groups is 1. The van der Waals surface area contributed by atoms with Crippen LogP contribution < -0.4 is 20.7 Å². The summed E-state index contributed by atoms with van der Waals surface area (Å²) >= 11 is 0. The number of likely N-dealkylation sites (N-methyl/N-ethyl adjacent to an activating group) is 1. The molecule has 1 aromatic carbocycles. The molecule has 1 saturated carbocycles. The van der Waals surface area contributed by atoms with Crippen molar-refractivity contribution < 1.29 is 23.9 Å². The van der Waals surface area contributed by atoms with Gasteiger partial charge in [0.05, 0.1) is 24.1 Å². The monoisotopic (exact) mass is 500 g/mol. The summed E-state index contributed by atoms with van der Waals surface area (Å²) in [5, 5.41) is 8.64. The topological polar surface area (TPSA) is 109 Å². The Morgan fingerprint density at radius 2 is 1.89 bits per heavy atom. The molecule has 9 heteroatoms. The van der Waals surface area contributed by atoms with E-state index in [-0.39, 0.29) is 48.7 Å². The molecule has 198 valence electrons. The molecule has 0 bridgehead atoms. The van der Waals surface area contributed by atoms with Gasteiger partial charge in [-0.2, -0.15) is 0 Å². The first-order chi connectivity index (χ1) is 17.3. The molecule has 9 nitrogen and oxygen atoms in total. The Morgan fingerprint density at radius 3 is 2.64 bits per heavy atom. The van der Waals surface area contributed by atoms with E-state index < -0.39 is 0 Å². The minimum absolute atomic E-state index is 0.000429. The molecule has 2 aliphatic heterocycles. The third-order valence-electron chi connectivity index (χ3n) is 7.42. The highest BCUT2D eigenvalue weighted by Crippen LogP contribution is 2.32. The molecule has 2 fully saturated rings. The van der Waals surface area contributed by atoms with Crippen LogP contribution in [0.1, 0.15) is 75.6 Å². The van der Waals surface area contributed by atoms with Crippen LogP contribution in [0.15, 0.2) is 18.2 Å². The number of carbonyl (C=O) groups is 3. The van der Waals surface area contributed by atoms with E-state index in [9.17, 15) is 14.4 Å². The fraction of sp³-hybridized carbons (Fsp3) is 0.667. The molecule has 1 aliphatic carbocycles. The summed E-state index contributed by atoms with van der Waals surface area (Å²) in [6.45, 7) is 4.80. The van der Waals surface area contributed by atoms with Crippen molar-refractivity contribution in [1.82, 2.24) is 15.5 Å². The standard InChI is InChI=1S/C27H40N4O5/c1-17(2)29-27(34)30-19-9-12-23-21(13-19)26(33)31(3)22-11-10-20(36-24(22)16-35-23)14-25(32)28-15-18-7-5-4-6-8-18/h9,12-13,17-18,20,22,24H,4-8,10-11,14-16H2,1-3H3,(H,28,32)(H2,29,30,34)/t20-,22+,24+/m0/s1. The SMILES string of the molecule is CC(C)NC(=O)Nc1ccc2c(c1)C(=O)N(C)[C@@H]1CC[C@@H](CC(=O)NCC3CCCCC3)O[C@@H]1CO2. The quantitative estimate of drug-likeness (QED) is 0.552. The molecule has 3 aliphatic rings. The lowest BCUT2D eigenvalue weighted by Crippen LogP contribution is -2.54. The van der Waals surface area contributed by atoms with E-state index in [0.29, 0.717) is 35.8 Å². The molecule has 36 heavy (non-hydrogen) atoms. The molecule has 1 saturated heterocycles. The van der Waals surface area contributed by atoms with Gasteiger partial charge in [0.15, 0.2) is 0 Å². The number of fused-ring (bicyclic) bond motifs is 2. The van der Waals surface area contributed by atoms with E-state index in [4.69, 9.17) is 9.47 Å². The van der Waals surface area contributed by atoms with Crippen molar-refractivity contribution in [2.75, 3.05) is 25.5 Å². The average Bonchev–Trinajstić information content (AvgIpc) is 2.85. The second-order valence-electron chi connectivity index (χ2n) is 10.6. The lowest BCUT2D eigenvalue weighted by atomic mass is 9.89. The van der Waals surface area contributed by atoms with Gasteiger partial charge in [-0.3, -0.25) is 9.59 Å². The molecule has 2 heterocycles. The van der Waals surface area contributed by atoms with Crippen LogP contribution in [-0.2, 0) is 9.53 Å². The maximum Gasteiger partial charge on any atom is 0.319 e. The van der Waals surface area contributed by atoms with Crippen LogP contribution in [0, 0.1) is 5.92 Å². The van der Waals surface area contributed by atoms with E-state index in [0.717, 1.165) is 13.0 Å². The van der Waals surface area contributed by atoms with Gasteiger partial charge in [-0.25, -0.2) is 4.79 Å². The van der Waals surface area contributed by atoms with Crippen molar-refractivity contribution >= 4 is 23.5 Å². The molecule has 3 atom stereocenters. The zero-order valence-electron chi connectivity index (χ0n) is 21.7. The predicted molar refractivity (Wildman–Crippen MR) is 137 cm³/mol. The molecule has 0 unspecified atom stereocenters. The first-order valence-electron chi connectivity index (χ1n) is 13.3.